The zero-order valence-corrected chi connectivity index (χ0v) is 17.8. The van der Waals surface area contributed by atoms with Gasteiger partial charge in [0.15, 0.2) is 15.5 Å². The van der Waals surface area contributed by atoms with Gasteiger partial charge >= 0.3 is 6.18 Å². The summed E-state index contributed by atoms with van der Waals surface area (Å²) in [5, 5.41) is 3.99. The summed E-state index contributed by atoms with van der Waals surface area (Å²) in [5.41, 5.74) is -2.42. The number of benzene rings is 1. The van der Waals surface area contributed by atoms with E-state index in [1.807, 2.05) is 0 Å². The van der Waals surface area contributed by atoms with Crippen LogP contribution in [0, 0.1) is 6.92 Å². The molecule has 31 heavy (non-hydrogen) atoms. The van der Waals surface area contributed by atoms with Crippen LogP contribution in [0.2, 0.25) is 0 Å². The molecule has 1 saturated heterocycles. The van der Waals surface area contributed by atoms with Crippen molar-refractivity contribution >= 4 is 15.7 Å². The number of carbonyl (C=O) groups is 1. The van der Waals surface area contributed by atoms with Crippen molar-refractivity contribution in [2.24, 2.45) is 0 Å². The molecular formula is C20H22F3N3O4S. The molecule has 1 atom stereocenters. The molecule has 2 heterocycles. The summed E-state index contributed by atoms with van der Waals surface area (Å²) < 4.78 is 65.1. The van der Waals surface area contributed by atoms with E-state index in [2.05, 4.69) is 5.10 Å². The summed E-state index contributed by atoms with van der Waals surface area (Å²) in [5.74, 6) is -1.06. The second-order valence-electron chi connectivity index (χ2n) is 7.48. The van der Waals surface area contributed by atoms with E-state index in [1.54, 1.807) is 6.92 Å². The Morgan fingerprint density at radius 2 is 1.97 bits per heavy atom. The van der Waals surface area contributed by atoms with Gasteiger partial charge in [-0.05, 0) is 31.9 Å². The summed E-state index contributed by atoms with van der Waals surface area (Å²) in [6, 6.07) is 5.19. The zero-order valence-electron chi connectivity index (χ0n) is 17.0. The Hall–Kier alpha value is -2.69. The number of alkyl halides is 3. The Morgan fingerprint density at radius 3 is 2.55 bits per heavy atom. The first-order valence-corrected chi connectivity index (χ1v) is 11.6. The minimum absolute atomic E-state index is 0.0598. The zero-order chi connectivity index (χ0) is 23.0. The number of rotatable bonds is 5. The fraction of sp³-hybridized carbons (Fsp3) is 0.450. The lowest BCUT2D eigenvalue weighted by Crippen LogP contribution is -2.44. The van der Waals surface area contributed by atoms with Crippen molar-refractivity contribution in [1.29, 1.82) is 0 Å². The fourth-order valence-electron chi connectivity index (χ4n) is 3.69. The minimum Gasteiger partial charge on any atom is -0.333 e. The van der Waals surface area contributed by atoms with Crippen molar-refractivity contribution in [2.45, 2.75) is 38.9 Å². The Morgan fingerprint density at radius 1 is 1.29 bits per heavy atom. The van der Waals surface area contributed by atoms with Gasteiger partial charge in [-0.2, -0.15) is 18.3 Å². The Bertz CT molecular complexity index is 1160. The van der Waals surface area contributed by atoms with Crippen LogP contribution in [-0.2, 0) is 16.0 Å². The normalized spacial score (nSPS) is 18.2. The molecule has 1 aromatic heterocycles. The molecule has 1 aliphatic heterocycles. The molecule has 0 saturated carbocycles. The predicted octanol–water partition coefficient (Wildman–Crippen LogP) is 2.60. The van der Waals surface area contributed by atoms with E-state index in [0.29, 0.717) is 6.42 Å². The molecule has 1 aliphatic rings. The highest BCUT2D eigenvalue weighted by Crippen LogP contribution is 2.33. The number of aromatic nitrogens is 2. The molecule has 1 aromatic carbocycles. The Kier molecular flexibility index (Phi) is 6.26. The number of carbonyl (C=O) groups excluding carboxylic acids is 1. The highest BCUT2D eigenvalue weighted by molar-refractivity contribution is 7.91. The van der Waals surface area contributed by atoms with E-state index in [0.717, 1.165) is 16.8 Å². The lowest BCUT2D eigenvalue weighted by atomic mass is 10.1. The Labute approximate surface area is 177 Å². The summed E-state index contributed by atoms with van der Waals surface area (Å²) in [6.07, 6.45) is -3.91. The molecule has 0 unspecified atom stereocenters. The number of para-hydroxylation sites is 1. The van der Waals surface area contributed by atoms with E-state index in [1.165, 1.54) is 30.0 Å². The van der Waals surface area contributed by atoms with Crippen LogP contribution in [-0.4, -0.2) is 53.1 Å². The van der Waals surface area contributed by atoms with Crippen LogP contribution in [0.4, 0.5) is 13.2 Å². The van der Waals surface area contributed by atoms with E-state index in [4.69, 9.17) is 0 Å². The molecule has 0 spiro atoms. The van der Waals surface area contributed by atoms with Gasteiger partial charge in [0.25, 0.3) is 5.91 Å². The quantitative estimate of drug-likeness (QED) is 0.689. The van der Waals surface area contributed by atoms with Crippen molar-refractivity contribution in [3.8, 4) is 5.69 Å². The van der Waals surface area contributed by atoms with E-state index >= 15 is 0 Å². The number of hydrogen-bond donors (Lipinski definition) is 0. The maximum atomic E-state index is 13.5. The van der Waals surface area contributed by atoms with Crippen LogP contribution in [0.5, 0.6) is 0 Å². The van der Waals surface area contributed by atoms with Gasteiger partial charge in [0.1, 0.15) is 0 Å². The first-order chi connectivity index (χ1) is 14.4. The maximum Gasteiger partial charge on any atom is 0.418 e. The van der Waals surface area contributed by atoms with Crippen LogP contribution >= 0.6 is 0 Å². The monoisotopic (exact) mass is 457 g/mol. The van der Waals surface area contributed by atoms with Crippen molar-refractivity contribution in [1.82, 2.24) is 14.7 Å². The van der Waals surface area contributed by atoms with E-state index in [-0.39, 0.29) is 35.9 Å². The van der Waals surface area contributed by atoms with Gasteiger partial charge in [0, 0.05) is 24.3 Å². The van der Waals surface area contributed by atoms with Gasteiger partial charge in [0.05, 0.1) is 22.8 Å². The van der Waals surface area contributed by atoms with Crippen molar-refractivity contribution < 1.29 is 26.4 Å². The van der Waals surface area contributed by atoms with Gasteiger partial charge in [-0.3, -0.25) is 9.59 Å². The summed E-state index contributed by atoms with van der Waals surface area (Å²) in [4.78, 5) is 27.0. The summed E-state index contributed by atoms with van der Waals surface area (Å²) >= 11 is 0. The van der Waals surface area contributed by atoms with Crippen LogP contribution in [0.3, 0.4) is 0 Å². The third-order valence-electron chi connectivity index (χ3n) is 5.12. The van der Waals surface area contributed by atoms with Crippen LogP contribution in [0.1, 0.15) is 41.5 Å². The average molecular weight is 457 g/mol. The number of halogens is 3. The molecule has 7 nitrogen and oxygen atoms in total. The standard InChI is InChI=1S/C20H22F3N3O4S/c1-3-9-25(14-8-10-31(29,30)12-14)19(28)18-17(27)11-13(2)26(24-18)16-7-5-4-6-15(16)20(21,22)23/h4-7,11,14H,3,8-10,12H2,1-2H3/t14-/m0/s1. The van der Waals surface area contributed by atoms with Crippen LogP contribution in [0.15, 0.2) is 35.1 Å². The molecule has 0 bridgehead atoms. The highest BCUT2D eigenvalue weighted by atomic mass is 32.2. The second-order valence-corrected chi connectivity index (χ2v) is 9.71. The van der Waals surface area contributed by atoms with E-state index in [9.17, 15) is 31.2 Å². The maximum absolute atomic E-state index is 13.5. The number of amides is 1. The lowest BCUT2D eigenvalue weighted by Gasteiger charge is -2.27. The van der Waals surface area contributed by atoms with Gasteiger partial charge in [-0.1, -0.05) is 19.1 Å². The molecule has 0 aliphatic carbocycles. The average Bonchev–Trinajstić information content (AvgIpc) is 3.04. The highest BCUT2D eigenvalue weighted by Gasteiger charge is 2.37. The minimum atomic E-state index is -4.66. The van der Waals surface area contributed by atoms with Gasteiger partial charge < -0.3 is 4.90 Å². The van der Waals surface area contributed by atoms with Gasteiger partial charge in [-0.15, -0.1) is 0 Å². The smallest absolute Gasteiger partial charge is 0.333 e. The molecule has 3 rings (SSSR count). The molecular weight excluding hydrogens is 435 g/mol. The van der Waals surface area contributed by atoms with Crippen LogP contribution in [0.25, 0.3) is 5.69 Å². The van der Waals surface area contributed by atoms with Crippen LogP contribution < -0.4 is 5.43 Å². The Balaban J connectivity index is 2.09. The number of hydrogen-bond acceptors (Lipinski definition) is 5. The SMILES string of the molecule is CCCN(C(=O)c1nn(-c2ccccc2C(F)(F)F)c(C)cc1=O)[C@H]1CCS(=O)(=O)C1. The number of nitrogens with zero attached hydrogens (tertiary/aromatic N) is 3. The molecule has 11 heteroatoms. The number of sulfone groups is 1. The fourth-order valence-corrected chi connectivity index (χ4v) is 5.42. The molecule has 1 amide bonds. The second kappa shape index (κ2) is 8.45. The van der Waals surface area contributed by atoms with Gasteiger partial charge in [0.2, 0.25) is 5.43 Å². The third-order valence-corrected chi connectivity index (χ3v) is 6.87. The van der Waals surface area contributed by atoms with Gasteiger partial charge in [-0.25, -0.2) is 13.1 Å². The molecule has 0 radical (unpaired) electrons. The molecule has 2 aromatic rings. The molecule has 0 N–H and O–H groups in total. The number of aryl methyl sites for hydroxylation is 1. The summed E-state index contributed by atoms with van der Waals surface area (Å²) in [7, 11) is -3.29. The first kappa shape index (κ1) is 23.0. The van der Waals surface area contributed by atoms with Crippen molar-refractivity contribution in [2.75, 3.05) is 18.1 Å². The van der Waals surface area contributed by atoms with Crippen molar-refractivity contribution in [3.63, 3.8) is 0 Å². The summed E-state index contributed by atoms with van der Waals surface area (Å²) in [6.45, 7) is 3.42. The lowest BCUT2D eigenvalue weighted by molar-refractivity contribution is -0.137. The molecule has 1 fully saturated rings. The first-order valence-electron chi connectivity index (χ1n) is 9.73. The van der Waals surface area contributed by atoms with Crippen molar-refractivity contribution in [3.05, 3.63) is 57.5 Å². The predicted molar refractivity (Wildman–Crippen MR) is 108 cm³/mol. The third kappa shape index (κ3) is 4.81. The topological polar surface area (TPSA) is 89.3 Å². The van der Waals surface area contributed by atoms with E-state index < -0.39 is 44.6 Å². The largest absolute Gasteiger partial charge is 0.418 e. The molecule has 168 valence electrons.